The molecule has 98 valence electrons. The van der Waals surface area contributed by atoms with E-state index in [4.69, 9.17) is 11.6 Å². The van der Waals surface area contributed by atoms with E-state index in [1.165, 1.54) is 6.42 Å². The van der Waals surface area contributed by atoms with Crippen molar-refractivity contribution in [1.29, 1.82) is 0 Å². The Morgan fingerprint density at radius 2 is 2.28 bits per heavy atom. The topological polar surface area (TPSA) is 29.1 Å². The average Bonchev–Trinajstić information content (AvgIpc) is 2.75. The molecule has 0 saturated heterocycles. The Bertz CT molecular complexity index is 449. The van der Waals surface area contributed by atoms with Crippen LogP contribution >= 0.6 is 27.5 Å². The van der Waals surface area contributed by atoms with Gasteiger partial charge in [-0.15, -0.1) is 11.6 Å². The van der Waals surface area contributed by atoms with E-state index in [9.17, 15) is 4.79 Å². The van der Waals surface area contributed by atoms with Gasteiger partial charge in [-0.05, 0) is 43.4 Å². The second kappa shape index (κ2) is 6.07. The number of benzene rings is 1. The highest BCUT2D eigenvalue weighted by Crippen LogP contribution is 2.29. The normalized spacial score (nSPS) is 23.1. The van der Waals surface area contributed by atoms with Crippen molar-refractivity contribution < 1.29 is 4.79 Å². The van der Waals surface area contributed by atoms with Crippen LogP contribution < -0.4 is 5.32 Å². The highest BCUT2D eigenvalue weighted by Gasteiger charge is 2.25. The van der Waals surface area contributed by atoms with Gasteiger partial charge in [-0.3, -0.25) is 4.79 Å². The Hall–Kier alpha value is -0.540. The molecule has 2 atom stereocenters. The summed E-state index contributed by atoms with van der Waals surface area (Å²) in [5.74, 6) is 0.410. The lowest BCUT2D eigenvalue weighted by Crippen LogP contribution is -2.31. The van der Waals surface area contributed by atoms with Crippen molar-refractivity contribution in [3.8, 4) is 0 Å². The molecule has 2 unspecified atom stereocenters. The van der Waals surface area contributed by atoms with E-state index in [2.05, 4.69) is 21.2 Å². The molecule has 0 spiro atoms. The van der Waals surface area contributed by atoms with E-state index in [0.717, 1.165) is 28.4 Å². The Morgan fingerprint density at radius 1 is 1.50 bits per heavy atom. The summed E-state index contributed by atoms with van der Waals surface area (Å²) in [7, 11) is 0. The molecule has 4 heteroatoms. The zero-order valence-electron chi connectivity index (χ0n) is 10.4. The molecule has 2 rings (SSSR count). The van der Waals surface area contributed by atoms with Crippen molar-refractivity contribution in [2.24, 2.45) is 5.92 Å². The molecule has 1 amide bonds. The summed E-state index contributed by atoms with van der Waals surface area (Å²) in [6, 6.07) is 5.67. The molecule has 1 aliphatic carbocycles. The van der Waals surface area contributed by atoms with Crippen molar-refractivity contribution in [1.82, 2.24) is 5.32 Å². The van der Waals surface area contributed by atoms with Gasteiger partial charge < -0.3 is 5.32 Å². The molecule has 1 aromatic carbocycles. The Balaban J connectivity index is 1.97. The van der Waals surface area contributed by atoms with Gasteiger partial charge >= 0.3 is 0 Å². The second-order valence-electron chi connectivity index (χ2n) is 4.83. The van der Waals surface area contributed by atoms with Gasteiger partial charge in [0.05, 0.1) is 0 Å². The smallest absolute Gasteiger partial charge is 0.251 e. The Morgan fingerprint density at radius 3 is 2.94 bits per heavy atom. The number of amides is 1. The van der Waals surface area contributed by atoms with Crippen LogP contribution in [-0.4, -0.2) is 17.8 Å². The van der Waals surface area contributed by atoms with Crippen LogP contribution in [0.4, 0.5) is 0 Å². The van der Waals surface area contributed by atoms with Gasteiger partial charge in [0.25, 0.3) is 5.91 Å². The van der Waals surface area contributed by atoms with Gasteiger partial charge in [0.15, 0.2) is 0 Å². The maximum Gasteiger partial charge on any atom is 0.251 e. The van der Waals surface area contributed by atoms with Crippen LogP contribution in [0.25, 0.3) is 0 Å². The van der Waals surface area contributed by atoms with Gasteiger partial charge in [0, 0.05) is 22.0 Å². The third-order valence-electron chi connectivity index (χ3n) is 3.60. The van der Waals surface area contributed by atoms with Crippen LogP contribution in [0.1, 0.15) is 35.2 Å². The number of hydrogen-bond acceptors (Lipinski definition) is 1. The van der Waals surface area contributed by atoms with Crippen LogP contribution in [0.3, 0.4) is 0 Å². The zero-order valence-corrected chi connectivity index (χ0v) is 12.7. The third-order valence-corrected chi connectivity index (χ3v) is 5.04. The monoisotopic (exact) mass is 329 g/mol. The molecule has 1 aromatic rings. The number of hydrogen-bond donors (Lipinski definition) is 1. The number of alkyl halides is 1. The first-order valence-corrected chi connectivity index (χ1v) is 7.50. The predicted octanol–water partition coefficient (Wildman–Crippen LogP) is 3.89. The zero-order chi connectivity index (χ0) is 13.1. The van der Waals surface area contributed by atoms with E-state index in [1.807, 2.05) is 25.1 Å². The van der Waals surface area contributed by atoms with Gasteiger partial charge in [0.1, 0.15) is 0 Å². The summed E-state index contributed by atoms with van der Waals surface area (Å²) in [6.07, 6.45) is 3.36. The summed E-state index contributed by atoms with van der Waals surface area (Å²) in [5, 5.41) is 3.21. The first-order valence-electron chi connectivity index (χ1n) is 6.27. The van der Waals surface area contributed by atoms with Gasteiger partial charge in [-0.25, -0.2) is 0 Å². The number of carbonyl (C=O) groups excluding carboxylic acids is 1. The molecular weight excluding hydrogens is 314 g/mol. The average molecular weight is 331 g/mol. The molecule has 1 saturated carbocycles. The lowest BCUT2D eigenvalue weighted by Gasteiger charge is -2.15. The Labute approximate surface area is 121 Å². The summed E-state index contributed by atoms with van der Waals surface area (Å²) in [6.45, 7) is 2.62. The number of halogens is 2. The van der Waals surface area contributed by atoms with E-state index in [1.54, 1.807) is 0 Å². The van der Waals surface area contributed by atoms with E-state index >= 15 is 0 Å². The lowest BCUT2D eigenvalue weighted by atomic mass is 10.1. The largest absolute Gasteiger partial charge is 0.352 e. The molecule has 0 bridgehead atoms. The van der Waals surface area contributed by atoms with E-state index in [0.29, 0.717) is 12.5 Å². The lowest BCUT2D eigenvalue weighted by molar-refractivity contribution is 0.0947. The fourth-order valence-electron chi connectivity index (χ4n) is 2.39. The molecule has 0 aliphatic heterocycles. The predicted molar refractivity (Wildman–Crippen MR) is 78.2 cm³/mol. The minimum Gasteiger partial charge on any atom is -0.352 e. The van der Waals surface area contributed by atoms with Crippen LogP contribution in [-0.2, 0) is 0 Å². The second-order valence-corrected chi connectivity index (χ2v) is 6.24. The summed E-state index contributed by atoms with van der Waals surface area (Å²) >= 11 is 9.65. The molecule has 1 fully saturated rings. The van der Waals surface area contributed by atoms with Crippen LogP contribution in [0.15, 0.2) is 22.7 Å². The summed E-state index contributed by atoms with van der Waals surface area (Å²) in [4.78, 5) is 12.1. The van der Waals surface area contributed by atoms with Crippen molar-refractivity contribution in [3.05, 3.63) is 33.8 Å². The minimum atomic E-state index is -0.00966. The van der Waals surface area contributed by atoms with Crippen molar-refractivity contribution in [3.63, 3.8) is 0 Å². The maximum absolute atomic E-state index is 12.1. The van der Waals surface area contributed by atoms with Crippen LogP contribution in [0.5, 0.6) is 0 Å². The van der Waals surface area contributed by atoms with E-state index in [-0.39, 0.29) is 11.3 Å². The third kappa shape index (κ3) is 3.07. The molecule has 0 radical (unpaired) electrons. The van der Waals surface area contributed by atoms with Gasteiger partial charge in [0.2, 0.25) is 0 Å². The molecule has 18 heavy (non-hydrogen) atoms. The number of rotatable bonds is 3. The summed E-state index contributed by atoms with van der Waals surface area (Å²) < 4.78 is 0.964. The summed E-state index contributed by atoms with van der Waals surface area (Å²) in [5.41, 5.74) is 1.71. The molecule has 2 nitrogen and oxygen atoms in total. The highest BCUT2D eigenvalue weighted by atomic mass is 79.9. The van der Waals surface area contributed by atoms with Crippen molar-refractivity contribution >= 4 is 33.4 Å². The quantitative estimate of drug-likeness (QED) is 0.837. The fraction of sp³-hybridized carbons (Fsp3) is 0.500. The highest BCUT2D eigenvalue weighted by molar-refractivity contribution is 9.10. The molecule has 1 N–H and O–H groups in total. The Kier molecular flexibility index (Phi) is 4.68. The molecule has 0 aromatic heterocycles. The van der Waals surface area contributed by atoms with Crippen LogP contribution in [0.2, 0.25) is 0 Å². The van der Waals surface area contributed by atoms with Crippen molar-refractivity contribution in [2.45, 2.75) is 31.6 Å². The van der Waals surface area contributed by atoms with Crippen molar-refractivity contribution in [2.75, 3.05) is 6.54 Å². The maximum atomic E-state index is 12.1. The molecule has 0 heterocycles. The molecule has 1 aliphatic rings. The number of carbonyl (C=O) groups is 1. The first-order chi connectivity index (χ1) is 8.59. The fourth-order valence-corrected chi connectivity index (χ4v) is 3.13. The SMILES string of the molecule is Cc1c(Br)cccc1C(=O)NCC1CCCC1Cl. The van der Waals surface area contributed by atoms with Gasteiger partial charge in [-0.2, -0.15) is 0 Å². The van der Waals surface area contributed by atoms with E-state index < -0.39 is 0 Å². The minimum absolute atomic E-state index is 0.00966. The standard InChI is InChI=1S/C14H17BrClNO/c1-9-11(5-3-6-12(9)15)14(18)17-8-10-4-2-7-13(10)16/h3,5-6,10,13H,2,4,7-8H2,1H3,(H,17,18). The molecular formula is C14H17BrClNO. The first kappa shape index (κ1) is 13.9. The van der Waals surface area contributed by atoms with Crippen LogP contribution in [0, 0.1) is 12.8 Å². The number of nitrogens with one attached hydrogen (secondary N) is 1. The van der Waals surface area contributed by atoms with Gasteiger partial charge in [-0.1, -0.05) is 28.4 Å².